The molecule has 9 nitrogen and oxygen atoms in total. The molecule has 2 rings (SSSR count). The number of benzene rings is 1. The molecule has 2 aromatic rings. The smallest absolute Gasteiger partial charge is 0.307 e. The summed E-state index contributed by atoms with van der Waals surface area (Å²) in [5.41, 5.74) is 1.09. The maximum Gasteiger partial charge on any atom is 0.307 e. The number of hydrogen-bond acceptors (Lipinski definition) is 6. The number of hydrogen-bond donors (Lipinski definition) is 2. The number of rotatable bonds is 10. The Morgan fingerprint density at radius 2 is 1.89 bits per heavy atom. The summed E-state index contributed by atoms with van der Waals surface area (Å²) < 4.78 is 32.9. The van der Waals surface area contributed by atoms with E-state index in [1.165, 1.54) is 6.20 Å². The predicted molar refractivity (Wildman–Crippen MR) is 102 cm³/mol. The van der Waals surface area contributed by atoms with Crippen molar-refractivity contribution in [3.05, 3.63) is 47.9 Å². The molecule has 28 heavy (non-hydrogen) atoms. The van der Waals surface area contributed by atoms with Gasteiger partial charge in [-0.3, -0.25) is 9.59 Å². The molecule has 2 N–H and O–H groups in total. The normalized spacial score (nSPS) is 11.2. The van der Waals surface area contributed by atoms with Gasteiger partial charge >= 0.3 is 5.97 Å². The van der Waals surface area contributed by atoms with Crippen LogP contribution in [0.4, 0.5) is 0 Å². The Kier molecular flexibility index (Phi) is 7.70. The number of carbonyl (C=O) groups excluding carboxylic acids is 2. The second kappa shape index (κ2) is 10.00. The van der Waals surface area contributed by atoms with E-state index in [2.05, 4.69) is 15.0 Å². The van der Waals surface area contributed by atoms with E-state index in [0.29, 0.717) is 18.8 Å². The molecule has 0 aliphatic heterocycles. The predicted octanol–water partition coefficient (Wildman–Crippen LogP) is 0.299. The minimum atomic E-state index is -3.80. The fourth-order valence-corrected chi connectivity index (χ4v) is 3.35. The molecule has 1 heterocycles. The number of nitrogens with one attached hydrogen (secondary N) is 2. The monoisotopic (exact) mass is 408 g/mol. The molecule has 0 unspecified atom stereocenters. The highest BCUT2D eigenvalue weighted by Crippen LogP contribution is 2.07. The summed E-state index contributed by atoms with van der Waals surface area (Å²) in [6, 6.07) is 9.67. The Labute approximate surface area is 164 Å². The lowest BCUT2D eigenvalue weighted by molar-refractivity contribution is -0.148. The van der Waals surface area contributed by atoms with E-state index in [1.54, 1.807) is 18.5 Å². The summed E-state index contributed by atoms with van der Waals surface area (Å²) in [6.45, 7) is 1.57. The van der Waals surface area contributed by atoms with Gasteiger partial charge in [-0.2, -0.15) is 0 Å². The third-order valence-electron chi connectivity index (χ3n) is 3.93. The van der Waals surface area contributed by atoms with Gasteiger partial charge in [-0.1, -0.05) is 30.3 Å². The van der Waals surface area contributed by atoms with Crippen LogP contribution >= 0.6 is 0 Å². The molecule has 10 heteroatoms. The molecule has 0 radical (unpaired) electrons. The summed E-state index contributed by atoms with van der Waals surface area (Å²) >= 11 is 0. The van der Waals surface area contributed by atoms with Crippen LogP contribution in [0, 0.1) is 6.92 Å². The van der Waals surface area contributed by atoms with Crippen molar-refractivity contribution in [2.75, 3.05) is 19.7 Å². The largest absolute Gasteiger partial charge is 0.456 e. The summed E-state index contributed by atoms with van der Waals surface area (Å²) in [5, 5.41) is 2.55. The Morgan fingerprint density at radius 1 is 1.18 bits per heavy atom. The number of carbonyl (C=O) groups is 2. The molecule has 1 amide bonds. The summed E-state index contributed by atoms with van der Waals surface area (Å²) in [5.74, 6) is -0.523. The average Bonchev–Trinajstić information content (AvgIpc) is 3.00. The molecule has 0 aliphatic rings. The highest BCUT2D eigenvalue weighted by molar-refractivity contribution is 7.89. The second-order valence-electron chi connectivity index (χ2n) is 6.13. The summed E-state index contributed by atoms with van der Waals surface area (Å²) in [4.78, 5) is 27.3. The van der Waals surface area contributed by atoms with E-state index in [0.717, 1.165) is 5.56 Å². The molecule has 1 aromatic heterocycles. The molecule has 1 aromatic carbocycles. The molecular weight excluding hydrogens is 384 g/mol. The third kappa shape index (κ3) is 6.78. The number of nitrogens with zero attached hydrogens (tertiary/aromatic N) is 2. The SMILES string of the molecule is Cc1nc(S(=O)(=O)NCCC(=O)OCC(=O)NCCc2ccccc2)cn1C. The zero-order valence-electron chi connectivity index (χ0n) is 15.8. The first-order valence-electron chi connectivity index (χ1n) is 8.74. The fraction of sp³-hybridized carbons (Fsp3) is 0.389. The molecule has 152 valence electrons. The Bertz CT molecular complexity index is 890. The highest BCUT2D eigenvalue weighted by Gasteiger charge is 2.18. The molecular formula is C18H24N4O5S. The van der Waals surface area contributed by atoms with Crippen molar-refractivity contribution in [1.82, 2.24) is 19.6 Å². The van der Waals surface area contributed by atoms with Gasteiger partial charge in [0.15, 0.2) is 11.6 Å². The lowest BCUT2D eigenvalue weighted by Gasteiger charge is -2.07. The zero-order chi connectivity index (χ0) is 20.6. The first-order chi connectivity index (χ1) is 13.3. The van der Waals surface area contributed by atoms with Gasteiger partial charge in [-0.05, 0) is 18.9 Å². The topological polar surface area (TPSA) is 119 Å². The highest BCUT2D eigenvalue weighted by atomic mass is 32.2. The maximum atomic E-state index is 12.1. The van der Waals surface area contributed by atoms with Crippen LogP contribution < -0.4 is 10.0 Å². The van der Waals surface area contributed by atoms with Crippen molar-refractivity contribution in [2.45, 2.75) is 24.8 Å². The number of amides is 1. The van der Waals surface area contributed by atoms with Gasteiger partial charge in [0.05, 0.1) is 6.42 Å². The van der Waals surface area contributed by atoms with Crippen molar-refractivity contribution < 1.29 is 22.7 Å². The first kappa shape index (κ1) is 21.6. The molecule has 0 saturated carbocycles. The standard InChI is InChI=1S/C18H24N4O5S/c1-14-21-17(12-22(14)2)28(25,26)20-11-9-18(24)27-13-16(23)19-10-8-15-6-4-3-5-7-15/h3-7,12,20H,8-11,13H2,1-2H3,(H,19,23). The summed E-state index contributed by atoms with van der Waals surface area (Å²) in [7, 11) is -2.11. The number of sulfonamides is 1. The van der Waals surface area contributed by atoms with Gasteiger partial charge in [-0.25, -0.2) is 18.1 Å². The molecule has 0 fully saturated rings. The van der Waals surface area contributed by atoms with Gasteiger partial charge in [0.1, 0.15) is 5.82 Å². The van der Waals surface area contributed by atoms with E-state index in [4.69, 9.17) is 4.74 Å². The van der Waals surface area contributed by atoms with Crippen LogP contribution in [0.3, 0.4) is 0 Å². The van der Waals surface area contributed by atoms with E-state index in [-0.39, 0.29) is 18.0 Å². The van der Waals surface area contributed by atoms with Crippen molar-refractivity contribution in [3.8, 4) is 0 Å². The van der Waals surface area contributed by atoms with E-state index in [1.807, 2.05) is 30.3 Å². The van der Waals surface area contributed by atoms with Crippen molar-refractivity contribution in [1.29, 1.82) is 0 Å². The fourth-order valence-electron chi connectivity index (χ4n) is 2.28. The van der Waals surface area contributed by atoms with Crippen LogP contribution in [0.25, 0.3) is 0 Å². The number of imidazole rings is 1. The molecule has 0 atom stereocenters. The van der Waals surface area contributed by atoms with Crippen LogP contribution in [0.2, 0.25) is 0 Å². The lowest BCUT2D eigenvalue weighted by atomic mass is 10.1. The summed E-state index contributed by atoms with van der Waals surface area (Å²) in [6.07, 6.45) is 1.87. The van der Waals surface area contributed by atoms with E-state index in [9.17, 15) is 18.0 Å². The van der Waals surface area contributed by atoms with Crippen LogP contribution in [-0.4, -0.2) is 49.5 Å². The third-order valence-corrected chi connectivity index (χ3v) is 5.26. The molecule has 0 bridgehead atoms. The minimum Gasteiger partial charge on any atom is -0.456 e. The Morgan fingerprint density at radius 3 is 2.54 bits per heavy atom. The second-order valence-corrected chi connectivity index (χ2v) is 7.85. The van der Waals surface area contributed by atoms with Crippen molar-refractivity contribution in [3.63, 3.8) is 0 Å². The van der Waals surface area contributed by atoms with E-state index >= 15 is 0 Å². The number of aryl methyl sites for hydroxylation is 2. The minimum absolute atomic E-state index is 0.112. The van der Waals surface area contributed by atoms with Crippen LogP contribution in [-0.2, 0) is 37.8 Å². The zero-order valence-corrected chi connectivity index (χ0v) is 16.7. The lowest BCUT2D eigenvalue weighted by Crippen LogP contribution is -2.31. The number of ether oxygens (including phenoxy) is 1. The van der Waals surface area contributed by atoms with Gasteiger partial charge < -0.3 is 14.6 Å². The first-order valence-corrected chi connectivity index (χ1v) is 10.2. The quantitative estimate of drug-likeness (QED) is 0.546. The van der Waals surface area contributed by atoms with Crippen LogP contribution in [0.5, 0.6) is 0 Å². The molecule has 0 saturated heterocycles. The van der Waals surface area contributed by atoms with Crippen LogP contribution in [0.15, 0.2) is 41.6 Å². The maximum absolute atomic E-state index is 12.1. The van der Waals surface area contributed by atoms with E-state index < -0.39 is 28.5 Å². The van der Waals surface area contributed by atoms with Gasteiger partial charge in [0.2, 0.25) is 0 Å². The average molecular weight is 408 g/mol. The van der Waals surface area contributed by atoms with Gasteiger partial charge in [0.25, 0.3) is 15.9 Å². The number of esters is 1. The van der Waals surface area contributed by atoms with Gasteiger partial charge in [0, 0.05) is 26.3 Å². The molecule has 0 aliphatic carbocycles. The van der Waals surface area contributed by atoms with Crippen LogP contribution in [0.1, 0.15) is 17.8 Å². The Balaban J connectivity index is 1.63. The van der Waals surface area contributed by atoms with Gasteiger partial charge in [-0.15, -0.1) is 0 Å². The number of aromatic nitrogens is 2. The van der Waals surface area contributed by atoms with Crippen molar-refractivity contribution >= 4 is 21.9 Å². The Hall–Kier alpha value is -2.72. The van der Waals surface area contributed by atoms with Crippen molar-refractivity contribution in [2.24, 2.45) is 7.05 Å². The molecule has 0 spiro atoms.